The van der Waals surface area contributed by atoms with Crippen LogP contribution in [0.4, 0.5) is 0 Å². The molecular weight excluding hydrogens is 548 g/mol. The highest BCUT2D eigenvalue weighted by Gasteiger charge is 2.50. The van der Waals surface area contributed by atoms with Crippen molar-refractivity contribution in [1.82, 2.24) is 0 Å². The van der Waals surface area contributed by atoms with Gasteiger partial charge in [0.05, 0.1) is 26.4 Å². The van der Waals surface area contributed by atoms with Crippen molar-refractivity contribution in [2.24, 2.45) is 0 Å². The highest BCUT2D eigenvalue weighted by Crippen LogP contribution is 2.38. The molecular formula is C35H36O6S. The minimum atomic E-state index is -0.727. The summed E-state index contributed by atoms with van der Waals surface area (Å²) in [5.41, 5.74) is 2.59. The van der Waals surface area contributed by atoms with Gasteiger partial charge >= 0.3 is 5.97 Å². The van der Waals surface area contributed by atoms with Gasteiger partial charge in [0.2, 0.25) is 0 Å². The van der Waals surface area contributed by atoms with Crippen LogP contribution in [-0.2, 0) is 48.3 Å². The smallest absolute Gasteiger partial charge is 0.303 e. The number of hydrogen-bond donors (Lipinski definition) is 0. The Balaban J connectivity index is 1.43. The molecule has 0 amide bonds. The largest absolute Gasteiger partial charge is 0.457 e. The summed E-state index contributed by atoms with van der Waals surface area (Å²) in [5.74, 6) is -0.407. The van der Waals surface area contributed by atoms with Crippen LogP contribution in [0.3, 0.4) is 0 Å². The van der Waals surface area contributed by atoms with Crippen LogP contribution in [0.1, 0.15) is 23.6 Å². The molecule has 0 saturated carbocycles. The summed E-state index contributed by atoms with van der Waals surface area (Å²) in [5, 5.41) is 0. The first kappa shape index (κ1) is 30.0. The van der Waals surface area contributed by atoms with Crippen molar-refractivity contribution < 1.29 is 28.5 Å². The zero-order valence-electron chi connectivity index (χ0n) is 23.6. The van der Waals surface area contributed by atoms with Gasteiger partial charge in [0, 0.05) is 11.8 Å². The molecule has 1 fully saturated rings. The maximum atomic E-state index is 12.5. The molecule has 4 aromatic rings. The molecule has 7 heteroatoms. The molecule has 6 nitrogen and oxygen atoms in total. The summed E-state index contributed by atoms with van der Waals surface area (Å²) in [6, 6.07) is 39.8. The minimum absolute atomic E-state index is 0.253. The molecule has 0 bridgehead atoms. The molecule has 5 atom stereocenters. The Hall–Kier alpha value is -3.46. The maximum absolute atomic E-state index is 12.5. The average Bonchev–Trinajstić information content (AvgIpc) is 3.02. The Morgan fingerprint density at radius 3 is 1.64 bits per heavy atom. The molecule has 5 rings (SSSR count). The summed E-state index contributed by atoms with van der Waals surface area (Å²) < 4.78 is 32.0. The highest BCUT2D eigenvalue weighted by molar-refractivity contribution is 7.99. The molecule has 0 N–H and O–H groups in total. The van der Waals surface area contributed by atoms with E-state index in [1.165, 1.54) is 18.7 Å². The lowest BCUT2D eigenvalue weighted by molar-refractivity contribution is -0.248. The summed E-state index contributed by atoms with van der Waals surface area (Å²) >= 11 is 1.54. The van der Waals surface area contributed by atoms with E-state index in [9.17, 15) is 4.79 Å². The average molecular weight is 585 g/mol. The zero-order valence-corrected chi connectivity index (χ0v) is 24.4. The lowest BCUT2D eigenvalue weighted by atomic mass is 9.99. The maximum Gasteiger partial charge on any atom is 0.303 e. The number of carbonyl (C=O) groups is 1. The Bertz CT molecular complexity index is 1340. The van der Waals surface area contributed by atoms with E-state index in [2.05, 4.69) is 0 Å². The van der Waals surface area contributed by atoms with Gasteiger partial charge in [-0.05, 0) is 28.8 Å². The second-order valence-electron chi connectivity index (χ2n) is 10.1. The van der Waals surface area contributed by atoms with Crippen molar-refractivity contribution in [1.29, 1.82) is 0 Å². The summed E-state index contributed by atoms with van der Waals surface area (Å²) in [6.07, 6.45) is -2.47. The Labute approximate surface area is 251 Å². The topological polar surface area (TPSA) is 63.2 Å². The van der Waals surface area contributed by atoms with Crippen molar-refractivity contribution in [2.75, 3.05) is 6.61 Å². The van der Waals surface area contributed by atoms with Gasteiger partial charge in [-0.25, -0.2) is 0 Å². The molecule has 42 heavy (non-hydrogen) atoms. The SMILES string of the molecule is CC(=O)O[C@@H]1[C@@H](OCc2ccccc2)[C@H](Sc2ccccc2)O[C@H](COCc2ccccc2)[C@H]1OCc1ccccc1. The number of carbonyl (C=O) groups excluding carboxylic acids is 1. The van der Waals surface area contributed by atoms with Gasteiger partial charge < -0.3 is 23.7 Å². The first-order valence-corrected chi connectivity index (χ1v) is 15.0. The van der Waals surface area contributed by atoms with Crippen molar-refractivity contribution in [2.45, 2.75) is 61.5 Å². The predicted octanol–water partition coefficient (Wildman–Crippen LogP) is 6.82. The molecule has 0 radical (unpaired) electrons. The highest BCUT2D eigenvalue weighted by atomic mass is 32.2. The normalized spacial score (nSPS) is 22.0. The fraction of sp³-hybridized carbons (Fsp3) is 0.286. The van der Waals surface area contributed by atoms with Crippen LogP contribution in [0, 0.1) is 0 Å². The van der Waals surface area contributed by atoms with Gasteiger partial charge in [0.15, 0.2) is 6.10 Å². The molecule has 0 unspecified atom stereocenters. The van der Waals surface area contributed by atoms with Crippen LogP contribution >= 0.6 is 11.8 Å². The number of thioether (sulfide) groups is 1. The first-order chi connectivity index (χ1) is 20.7. The number of ether oxygens (including phenoxy) is 5. The molecule has 0 aliphatic carbocycles. The van der Waals surface area contributed by atoms with Crippen molar-refractivity contribution >= 4 is 17.7 Å². The van der Waals surface area contributed by atoms with E-state index in [1.54, 1.807) is 0 Å². The van der Waals surface area contributed by atoms with Gasteiger partial charge in [0.25, 0.3) is 0 Å². The van der Waals surface area contributed by atoms with E-state index in [0.29, 0.717) is 19.8 Å². The Morgan fingerprint density at radius 1 is 0.643 bits per heavy atom. The van der Waals surface area contributed by atoms with Crippen LogP contribution < -0.4 is 0 Å². The van der Waals surface area contributed by atoms with Crippen LogP contribution in [0.25, 0.3) is 0 Å². The standard InChI is InChI=1S/C35H36O6S/c1-26(36)40-33-32(38-23-28-16-8-3-9-17-28)31(25-37-22-27-14-6-2-7-15-27)41-35(42-30-20-12-5-13-21-30)34(33)39-24-29-18-10-4-11-19-29/h2-21,31-35H,22-25H2,1H3/t31-,32-,33+,34-,35+/m1/s1. The van der Waals surface area contributed by atoms with Gasteiger partial charge in [-0.1, -0.05) is 121 Å². The first-order valence-electron chi connectivity index (χ1n) is 14.1. The molecule has 1 aliphatic heterocycles. The minimum Gasteiger partial charge on any atom is -0.457 e. The van der Waals surface area contributed by atoms with E-state index in [-0.39, 0.29) is 6.61 Å². The lowest BCUT2D eigenvalue weighted by Crippen LogP contribution is -2.60. The van der Waals surface area contributed by atoms with Gasteiger partial charge in [-0.2, -0.15) is 0 Å². The van der Waals surface area contributed by atoms with Crippen molar-refractivity contribution in [3.63, 3.8) is 0 Å². The van der Waals surface area contributed by atoms with Crippen LogP contribution in [0.15, 0.2) is 126 Å². The molecule has 1 heterocycles. The Kier molecular flexibility index (Phi) is 11.2. The van der Waals surface area contributed by atoms with Gasteiger partial charge in [-0.15, -0.1) is 0 Å². The number of benzene rings is 4. The number of hydrogen-bond acceptors (Lipinski definition) is 7. The fourth-order valence-electron chi connectivity index (χ4n) is 4.84. The van der Waals surface area contributed by atoms with E-state index in [4.69, 9.17) is 23.7 Å². The predicted molar refractivity (Wildman–Crippen MR) is 163 cm³/mol. The summed E-state index contributed by atoms with van der Waals surface area (Å²) in [6.45, 7) is 2.75. The molecule has 4 aromatic carbocycles. The van der Waals surface area contributed by atoms with Crippen molar-refractivity contribution in [3.05, 3.63) is 138 Å². The lowest BCUT2D eigenvalue weighted by Gasteiger charge is -2.45. The Morgan fingerprint density at radius 2 is 1.12 bits per heavy atom. The summed E-state index contributed by atoms with van der Waals surface area (Å²) in [7, 11) is 0. The molecule has 0 spiro atoms. The molecule has 1 aliphatic rings. The quantitative estimate of drug-likeness (QED) is 0.160. The van der Waals surface area contributed by atoms with Crippen LogP contribution in [-0.4, -0.2) is 42.4 Å². The van der Waals surface area contributed by atoms with E-state index in [1.807, 2.05) is 121 Å². The third-order valence-electron chi connectivity index (χ3n) is 6.85. The number of rotatable bonds is 13. The third kappa shape index (κ3) is 8.77. The zero-order chi connectivity index (χ0) is 29.0. The number of esters is 1. The molecule has 0 aromatic heterocycles. The van der Waals surface area contributed by atoms with Crippen LogP contribution in [0.5, 0.6) is 0 Å². The fourth-order valence-corrected chi connectivity index (χ4v) is 5.99. The van der Waals surface area contributed by atoms with Gasteiger partial charge in [-0.3, -0.25) is 4.79 Å². The van der Waals surface area contributed by atoms with E-state index >= 15 is 0 Å². The summed E-state index contributed by atoms with van der Waals surface area (Å²) in [4.78, 5) is 13.5. The molecule has 1 saturated heterocycles. The second-order valence-corrected chi connectivity index (χ2v) is 11.2. The van der Waals surface area contributed by atoms with Crippen molar-refractivity contribution in [3.8, 4) is 0 Å². The van der Waals surface area contributed by atoms with E-state index < -0.39 is 35.8 Å². The second kappa shape index (κ2) is 15.7. The van der Waals surface area contributed by atoms with Gasteiger partial charge in [0.1, 0.15) is 23.7 Å². The van der Waals surface area contributed by atoms with E-state index in [0.717, 1.165) is 21.6 Å². The monoisotopic (exact) mass is 584 g/mol. The van der Waals surface area contributed by atoms with Crippen LogP contribution in [0.2, 0.25) is 0 Å². The molecule has 218 valence electrons. The third-order valence-corrected chi connectivity index (χ3v) is 8.01.